The van der Waals surface area contributed by atoms with Crippen LogP contribution < -0.4 is 0 Å². The lowest BCUT2D eigenvalue weighted by Gasteiger charge is -2.61. The Hall–Kier alpha value is -0.780. The second-order valence-electron chi connectivity index (χ2n) is 12.3. The first kappa shape index (κ1) is 21.5. The molecule has 4 rings (SSSR count). The van der Waals surface area contributed by atoms with Crippen LogP contribution in [0.5, 0.6) is 0 Å². The molecule has 7 unspecified atom stereocenters. The van der Waals surface area contributed by atoms with E-state index >= 15 is 0 Å². The van der Waals surface area contributed by atoms with Crippen LogP contribution in [-0.4, -0.2) is 0 Å². The highest BCUT2D eigenvalue weighted by Crippen LogP contribution is 2.70. The standard InChI is InChI=1S/C29H46/c1-20(2)21(3)11-12-22(4)24-15-16-25-26-14-13-23-10-8-9-17-28(23,6)29(26,7)19-18-27(24,25)5/h11-14,20-22,24-25H,8-10,15-19H2,1-7H3/b12-11+. The van der Waals surface area contributed by atoms with E-state index in [0.717, 1.165) is 17.8 Å². The number of hydrogen-bond donors (Lipinski definition) is 0. The zero-order valence-electron chi connectivity index (χ0n) is 20.4. The van der Waals surface area contributed by atoms with Crippen LogP contribution in [0.2, 0.25) is 0 Å². The minimum absolute atomic E-state index is 0.405. The Bertz CT molecular complexity index is 720. The largest absolute Gasteiger partial charge is 0.0852 e. The van der Waals surface area contributed by atoms with Gasteiger partial charge in [-0.25, -0.2) is 0 Å². The van der Waals surface area contributed by atoms with E-state index in [2.05, 4.69) is 72.8 Å². The molecule has 7 atom stereocenters. The van der Waals surface area contributed by atoms with E-state index in [-0.39, 0.29) is 0 Å². The smallest absolute Gasteiger partial charge is 0.00190 e. The summed E-state index contributed by atoms with van der Waals surface area (Å²) in [5.74, 6) is 3.79. The van der Waals surface area contributed by atoms with Crippen LogP contribution >= 0.6 is 0 Å². The van der Waals surface area contributed by atoms with Gasteiger partial charge in [0.2, 0.25) is 0 Å². The van der Waals surface area contributed by atoms with E-state index in [1.807, 2.05) is 5.57 Å². The SMILES string of the molecule is CC(C)C(C)/C=C/C(C)C1CCC2C3=CC=C4CCCCC4(C)C3(C)CCC21C. The molecule has 0 aromatic heterocycles. The van der Waals surface area contributed by atoms with Crippen LogP contribution in [0.15, 0.2) is 35.5 Å². The summed E-state index contributed by atoms with van der Waals surface area (Å²) in [6.45, 7) is 17.5. The zero-order chi connectivity index (χ0) is 21.0. The summed E-state index contributed by atoms with van der Waals surface area (Å²) in [4.78, 5) is 0. The van der Waals surface area contributed by atoms with Crippen molar-refractivity contribution in [3.05, 3.63) is 35.5 Å². The quantitative estimate of drug-likeness (QED) is 0.418. The number of rotatable bonds is 4. The van der Waals surface area contributed by atoms with E-state index < -0.39 is 0 Å². The molecule has 0 heterocycles. The van der Waals surface area contributed by atoms with Crippen molar-refractivity contribution in [2.75, 3.05) is 0 Å². The van der Waals surface area contributed by atoms with Gasteiger partial charge in [0, 0.05) is 0 Å². The highest BCUT2D eigenvalue weighted by atomic mass is 14.6. The molecule has 0 spiro atoms. The van der Waals surface area contributed by atoms with Crippen molar-refractivity contribution in [3.63, 3.8) is 0 Å². The monoisotopic (exact) mass is 394 g/mol. The molecular formula is C29H46. The first-order chi connectivity index (χ1) is 13.6. The average Bonchev–Trinajstić information content (AvgIpc) is 3.03. The van der Waals surface area contributed by atoms with Crippen molar-refractivity contribution in [1.82, 2.24) is 0 Å². The summed E-state index contributed by atoms with van der Waals surface area (Å²) >= 11 is 0. The molecule has 3 saturated carbocycles. The number of fused-ring (bicyclic) bond motifs is 5. The van der Waals surface area contributed by atoms with Crippen molar-refractivity contribution >= 4 is 0 Å². The minimum atomic E-state index is 0.405. The van der Waals surface area contributed by atoms with E-state index in [9.17, 15) is 0 Å². The molecule has 0 radical (unpaired) electrons. The average molecular weight is 395 g/mol. The van der Waals surface area contributed by atoms with Gasteiger partial charge >= 0.3 is 0 Å². The molecule has 29 heavy (non-hydrogen) atoms. The molecule has 0 aromatic rings. The van der Waals surface area contributed by atoms with Crippen molar-refractivity contribution < 1.29 is 0 Å². The fraction of sp³-hybridized carbons (Fsp3) is 0.793. The molecule has 4 aliphatic rings. The summed E-state index contributed by atoms with van der Waals surface area (Å²) in [6.07, 6.45) is 21.5. The van der Waals surface area contributed by atoms with Crippen LogP contribution in [0.4, 0.5) is 0 Å². The summed E-state index contributed by atoms with van der Waals surface area (Å²) in [5.41, 5.74) is 4.93. The second kappa shape index (κ2) is 7.42. The maximum absolute atomic E-state index is 2.66. The Morgan fingerprint density at radius 1 is 0.862 bits per heavy atom. The zero-order valence-corrected chi connectivity index (χ0v) is 20.4. The summed E-state index contributed by atoms with van der Waals surface area (Å²) in [7, 11) is 0. The van der Waals surface area contributed by atoms with Gasteiger partial charge in [0.25, 0.3) is 0 Å². The molecule has 0 aliphatic heterocycles. The van der Waals surface area contributed by atoms with Crippen molar-refractivity contribution in [1.29, 1.82) is 0 Å². The van der Waals surface area contributed by atoms with Gasteiger partial charge in [0.1, 0.15) is 0 Å². The predicted octanol–water partition coefficient (Wildman–Crippen LogP) is 8.75. The van der Waals surface area contributed by atoms with E-state index in [4.69, 9.17) is 0 Å². The van der Waals surface area contributed by atoms with Crippen LogP contribution in [-0.2, 0) is 0 Å². The first-order valence-corrected chi connectivity index (χ1v) is 12.7. The number of allylic oxidation sites excluding steroid dienone is 6. The van der Waals surface area contributed by atoms with Crippen LogP contribution in [0.25, 0.3) is 0 Å². The molecule has 0 heteroatoms. The van der Waals surface area contributed by atoms with E-state index in [1.54, 1.807) is 5.57 Å². The van der Waals surface area contributed by atoms with Crippen LogP contribution in [0.3, 0.4) is 0 Å². The Kier molecular flexibility index (Phi) is 5.49. The van der Waals surface area contributed by atoms with Gasteiger partial charge in [-0.05, 0) is 90.8 Å². The summed E-state index contributed by atoms with van der Waals surface area (Å²) in [6, 6.07) is 0. The number of hydrogen-bond acceptors (Lipinski definition) is 0. The van der Waals surface area contributed by atoms with Gasteiger partial charge in [0.15, 0.2) is 0 Å². The van der Waals surface area contributed by atoms with Gasteiger partial charge in [-0.3, -0.25) is 0 Å². The lowest BCUT2D eigenvalue weighted by Crippen LogP contribution is -2.51. The fourth-order valence-corrected chi connectivity index (χ4v) is 7.97. The molecule has 0 nitrogen and oxygen atoms in total. The molecule has 0 N–H and O–H groups in total. The Morgan fingerprint density at radius 3 is 2.34 bits per heavy atom. The third kappa shape index (κ3) is 3.14. The predicted molar refractivity (Wildman–Crippen MR) is 127 cm³/mol. The Morgan fingerprint density at radius 2 is 1.62 bits per heavy atom. The van der Waals surface area contributed by atoms with Gasteiger partial charge in [-0.15, -0.1) is 0 Å². The summed E-state index contributed by atoms with van der Waals surface area (Å²) < 4.78 is 0. The topological polar surface area (TPSA) is 0 Å². The normalized spacial score (nSPS) is 44.0. The molecule has 3 fully saturated rings. The van der Waals surface area contributed by atoms with Crippen LogP contribution in [0.1, 0.15) is 99.8 Å². The molecule has 4 aliphatic carbocycles. The lowest BCUT2D eigenvalue weighted by molar-refractivity contribution is 0.00266. The second-order valence-corrected chi connectivity index (χ2v) is 12.3. The lowest BCUT2D eigenvalue weighted by atomic mass is 9.43. The Labute approximate surface area is 181 Å². The fourth-order valence-electron chi connectivity index (χ4n) is 7.97. The first-order valence-electron chi connectivity index (χ1n) is 12.7. The molecular weight excluding hydrogens is 348 g/mol. The van der Waals surface area contributed by atoms with Crippen molar-refractivity contribution in [3.8, 4) is 0 Å². The molecule has 0 aromatic carbocycles. The van der Waals surface area contributed by atoms with Crippen molar-refractivity contribution in [2.24, 2.45) is 45.8 Å². The van der Waals surface area contributed by atoms with Gasteiger partial charge in [-0.2, -0.15) is 0 Å². The third-order valence-electron chi connectivity index (χ3n) is 10.8. The minimum Gasteiger partial charge on any atom is -0.0852 e. The van der Waals surface area contributed by atoms with Crippen molar-refractivity contribution in [2.45, 2.75) is 99.8 Å². The Balaban J connectivity index is 1.61. The highest BCUT2D eigenvalue weighted by molar-refractivity contribution is 5.42. The maximum atomic E-state index is 2.66. The third-order valence-corrected chi connectivity index (χ3v) is 10.8. The summed E-state index contributed by atoms with van der Waals surface area (Å²) in [5, 5.41) is 0. The van der Waals surface area contributed by atoms with Gasteiger partial charge in [-0.1, -0.05) is 90.3 Å². The van der Waals surface area contributed by atoms with Crippen LogP contribution in [0, 0.1) is 45.8 Å². The molecule has 0 amide bonds. The van der Waals surface area contributed by atoms with E-state index in [0.29, 0.717) is 28.1 Å². The molecule has 162 valence electrons. The van der Waals surface area contributed by atoms with E-state index in [1.165, 1.54) is 51.4 Å². The van der Waals surface area contributed by atoms with Gasteiger partial charge < -0.3 is 0 Å². The van der Waals surface area contributed by atoms with Gasteiger partial charge in [0.05, 0.1) is 0 Å². The molecule has 0 saturated heterocycles. The highest BCUT2D eigenvalue weighted by Gasteiger charge is 2.61. The maximum Gasteiger partial charge on any atom is -0.00190 e. The molecule has 0 bridgehead atoms.